The third kappa shape index (κ3) is 3.99. The zero-order chi connectivity index (χ0) is 20.6. The molecule has 1 aromatic carbocycles. The van der Waals surface area contributed by atoms with Crippen molar-refractivity contribution in [1.29, 1.82) is 0 Å². The maximum atomic E-state index is 13.3. The Labute approximate surface area is 166 Å². The largest absolute Gasteiger partial charge is 0.348 e. The number of carbonyl (C=O) groups is 1. The van der Waals surface area contributed by atoms with E-state index in [0.29, 0.717) is 11.1 Å². The van der Waals surface area contributed by atoms with Crippen molar-refractivity contribution < 1.29 is 22.0 Å². The molecule has 3 aromatic rings. The van der Waals surface area contributed by atoms with Crippen LogP contribution in [0.5, 0.6) is 0 Å². The van der Waals surface area contributed by atoms with Gasteiger partial charge in [0.25, 0.3) is 11.8 Å². The Morgan fingerprint density at radius 2 is 1.93 bits per heavy atom. The number of alkyl halides is 2. The van der Waals surface area contributed by atoms with E-state index in [2.05, 4.69) is 10.3 Å². The van der Waals surface area contributed by atoms with Gasteiger partial charge in [-0.3, -0.25) is 4.79 Å². The van der Waals surface area contributed by atoms with Gasteiger partial charge in [0.05, 0.1) is 17.0 Å². The number of sulfonamides is 1. The molecule has 1 N–H and O–H groups in total. The molecule has 1 aliphatic heterocycles. The number of halogens is 2. The molecule has 1 fully saturated rings. The first kappa shape index (κ1) is 19.5. The summed E-state index contributed by atoms with van der Waals surface area (Å²) < 4.78 is 54.2. The quantitative estimate of drug-likeness (QED) is 0.687. The van der Waals surface area contributed by atoms with E-state index >= 15 is 0 Å². The van der Waals surface area contributed by atoms with Gasteiger partial charge >= 0.3 is 0 Å². The Morgan fingerprint density at radius 3 is 2.62 bits per heavy atom. The van der Waals surface area contributed by atoms with Crippen molar-refractivity contribution in [2.75, 3.05) is 13.1 Å². The molecule has 0 aliphatic carbocycles. The van der Waals surface area contributed by atoms with Crippen molar-refractivity contribution in [1.82, 2.24) is 19.0 Å². The van der Waals surface area contributed by atoms with Crippen molar-refractivity contribution in [3.8, 4) is 0 Å². The second-order valence-corrected chi connectivity index (χ2v) is 8.82. The van der Waals surface area contributed by atoms with Gasteiger partial charge in [-0.25, -0.2) is 22.2 Å². The smallest absolute Gasteiger partial charge is 0.262 e. The fourth-order valence-corrected chi connectivity index (χ4v) is 4.65. The van der Waals surface area contributed by atoms with Gasteiger partial charge in [0.15, 0.2) is 0 Å². The zero-order valence-corrected chi connectivity index (χ0v) is 16.1. The highest BCUT2D eigenvalue weighted by atomic mass is 32.2. The first-order valence-corrected chi connectivity index (χ1v) is 10.4. The Morgan fingerprint density at radius 1 is 1.17 bits per heavy atom. The second-order valence-electron chi connectivity index (χ2n) is 6.88. The van der Waals surface area contributed by atoms with Gasteiger partial charge in [-0.15, -0.1) is 0 Å². The molecule has 1 aliphatic rings. The molecule has 0 bridgehead atoms. The fraction of sp³-hybridized carbons (Fsp3) is 0.263. The van der Waals surface area contributed by atoms with Crippen molar-refractivity contribution in [3.05, 3.63) is 66.1 Å². The summed E-state index contributed by atoms with van der Waals surface area (Å²) in [6.45, 7) is -0.800. The van der Waals surface area contributed by atoms with E-state index in [4.69, 9.17) is 0 Å². The first-order valence-electron chi connectivity index (χ1n) is 8.92. The Balaban J connectivity index is 1.41. The average molecular weight is 420 g/mol. The van der Waals surface area contributed by atoms with Crippen LogP contribution in [0.25, 0.3) is 5.65 Å². The van der Waals surface area contributed by atoms with Crippen LogP contribution < -0.4 is 5.32 Å². The number of amides is 1. The summed E-state index contributed by atoms with van der Waals surface area (Å²) in [5, 5.41) is 2.76. The molecule has 0 saturated carbocycles. The molecular formula is C19H18F2N4O3S. The van der Waals surface area contributed by atoms with Gasteiger partial charge in [0.2, 0.25) is 10.0 Å². The minimum atomic E-state index is -3.96. The SMILES string of the molecule is O=C(NCc1ccc(S(=O)(=O)N2CCC(F)(F)C2)cc1)c1ccc2nccn2c1. The van der Waals surface area contributed by atoms with Crippen LogP contribution in [0.2, 0.25) is 0 Å². The summed E-state index contributed by atoms with van der Waals surface area (Å²) in [4.78, 5) is 16.4. The maximum absolute atomic E-state index is 13.3. The zero-order valence-electron chi connectivity index (χ0n) is 15.3. The molecule has 1 amide bonds. The number of hydrogen-bond acceptors (Lipinski definition) is 4. The summed E-state index contributed by atoms with van der Waals surface area (Å²) >= 11 is 0. The molecule has 7 nitrogen and oxygen atoms in total. The summed E-state index contributed by atoms with van der Waals surface area (Å²) in [6, 6.07) is 9.24. The predicted molar refractivity (Wildman–Crippen MR) is 101 cm³/mol. The van der Waals surface area contributed by atoms with Crippen molar-refractivity contribution in [2.24, 2.45) is 0 Å². The van der Waals surface area contributed by atoms with E-state index in [1.165, 1.54) is 12.1 Å². The molecule has 2 aromatic heterocycles. The van der Waals surface area contributed by atoms with Gasteiger partial charge in [-0.05, 0) is 29.8 Å². The molecule has 29 heavy (non-hydrogen) atoms. The van der Waals surface area contributed by atoms with Gasteiger partial charge in [-0.1, -0.05) is 12.1 Å². The van der Waals surface area contributed by atoms with Crippen LogP contribution in [0.15, 0.2) is 59.9 Å². The van der Waals surface area contributed by atoms with Crippen LogP contribution in [-0.2, 0) is 16.6 Å². The van der Waals surface area contributed by atoms with Crippen LogP contribution in [0.3, 0.4) is 0 Å². The van der Waals surface area contributed by atoms with E-state index in [-0.39, 0.29) is 23.9 Å². The number of fused-ring (bicyclic) bond motifs is 1. The Hall–Kier alpha value is -2.85. The number of benzene rings is 1. The van der Waals surface area contributed by atoms with Crippen molar-refractivity contribution in [2.45, 2.75) is 23.8 Å². The third-order valence-electron chi connectivity index (χ3n) is 4.80. The van der Waals surface area contributed by atoms with E-state index in [1.54, 1.807) is 47.3 Å². The summed E-state index contributed by atoms with van der Waals surface area (Å²) in [5.41, 5.74) is 1.88. The second kappa shape index (κ2) is 7.20. The standard InChI is InChI=1S/C19H18F2N4O3S/c20-19(21)7-9-25(13-19)29(27,28)16-4-1-14(2-5-16)11-23-18(26)15-3-6-17-22-8-10-24(17)12-15/h1-6,8,10,12H,7,9,11,13H2,(H,23,26). The minimum absolute atomic E-state index is 0.0455. The lowest BCUT2D eigenvalue weighted by Gasteiger charge is -2.16. The molecule has 0 unspecified atom stereocenters. The lowest BCUT2D eigenvalue weighted by atomic mass is 10.2. The number of carbonyl (C=O) groups excluding carboxylic acids is 1. The highest BCUT2D eigenvalue weighted by Gasteiger charge is 2.43. The average Bonchev–Trinajstić information content (AvgIpc) is 3.32. The molecule has 0 radical (unpaired) electrons. The lowest BCUT2D eigenvalue weighted by Crippen LogP contribution is -2.31. The van der Waals surface area contributed by atoms with Gasteiger partial charge in [-0.2, -0.15) is 4.31 Å². The normalized spacial score (nSPS) is 16.9. The Kier molecular flexibility index (Phi) is 4.83. The molecule has 152 valence electrons. The van der Waals surface area contributed by atoms with Crippen LogP contribution in [0.4, 0.5) is 8.78 Å². The highest BCUT2D eigenvalue weighted by Crippen LogP contribution is 2.31. The van der Waals surface area contributed by atoms with Gasteiger partial charge < -0.3 is 9.72 Å². The number of nitrogens with one attached hydrogen (secondary N) is 1. The van der Waals surface area contributed by atoms with Gasteiger partial charge in [0.1, 0.15) is 5.65 Å². The number of nitrogens with zero attached hydrogens (tertiary/aromatic N) is 3. The van der Waals surface area contributed by atoms with Crippen LogP contribution in [0.1, 0.15) is 22.3 Å². The lowest BCUT2D eigenvalue weighted by molar-refractivity contribution is 0.0183. The molecule has 0 spiro atoms. The fourth-order valence-electron chi connectivity index (χ4n) is 3.18. The summed E-state index contributed by atoms with van der Waals surface area (Å²) in [7, 11) is -3.96. The van der Waals surface area contributed by atoms with Crippen molar-refractivity contribution >= 4 is 21.6 Å². The number of hydrogen-bond donors (Lipinski definition) is 1. The topological polar surface area (TPSA) is 83.8 Å². The van der Waals surface area contributed by atoms with E-state index in [0.717, 1.165) is 9.95 Å². The monoisotopic (exact) mass is 420 g/mol. The number of rotatable bonds is 5. The Bertz CT molecular complexity index is 1160. The highest BCUT2D eigenvalue weighted by molar-refractivity contribution is 7.89. The van der Waals surface area contributed by atoms with Crippen molar-refractivity contribution in [3.63, 3.8) is 0 Å². The van der Waals surface area contributed by atoms with Crippen LogP contribution >= 0.6 is 0 Å². The van der Waals surface area contributed by atoms with E-state index in [1.807, 2.05) is 0 Å². The third-order valence-corrected chi connectivity index (χ3v) is 6.66. The van der Waals surface area contributed by atoms with E-state index < -0.39 is 28.9 Å². The number of aromatic nitrogens is 2. The van der Waals surface area contributed by atoms with Gasteiger partial charge in [0, 0.05) is 38.1 Å². The van der Waals surface area contributed by atoms with E-state index in [9.17, 15) is 22.0 Å². The number of pyridine rings is 1. The maximum Gasteiger partial charge on any atom is 0.262 e. The molecule has 4 rings (SSSR count). The first-order chi connectivity index (χ1) is 13.7. The molecule has 3 heterocycles. The summed E-state index contributed by atoms with van der Waals surface area (Å²) in [5.74, 6) is -3.27. The van der Waals surface area contributed by atoms with Crippen LogP contribution in [0, 0.1) is 0 Å². The predicted octanol–water partition coefficient (Wildman–Crippen LogP) is 2.29. The van der Waals surface area contributed by atoms with Crippen LogP contribution in [-0.4, -0.2) is 47.0 Å². The summed E-state index contributed by atoms with van der Waals surface area (Å²) in [6.07, 6.45) is 4.57. The molecule has 1 saturated heterocycles. The molecule has 10 heteroatoms. The molecule has 0 atom stereocenters. The minimum Gasteiger partial charge on any atom is -0.348 e. The molecular weight excluding hydrogens is 402 g/mol. The number of imidazole rings is 1.